The van der Waals surface area contributed by atoms with Crippen LogP contribution in [0.25, 0.3) is 0 Å². The second kappa shape index (κ2) is 5.95. The molecule has 0 heterocycles. The predicted octanol–water partition coefficient (Wildman–Crippen LogP) is 3.60. The Balaban J connectivity index is 0.000000561. The fourth-order valence-corrected chi connectivity index (χ4v) is 0.988. The van der Waals surface area contributed by atoms with Gasteiger partial charge in [-0.05, 0) is 24.6 Å². The lowest BCUT2D eigenvalue weighted by Crippen LogP contribution is -1.81. The van der Waals surface area contributed by atoms with Crippen molar-refractivity contribution in [1.29, 1.82) is 0 Å². The molecule has 0 spiro atoms. The number of aldehydes is 1. The Kier molecular flexibility index (Phi) is 5.64. The first-order valence-corrected chi connectivity index (χ1v) is 4.74. The van der Waals surface area contributed by atoms with Crippen molar-refractivity contribution in [2.45, 2.75) is 20.8 Å². The molecule has 0 aromatic heterocycles. The van der Waals surface area contributed by atoms with Gasteiger partial charge < -0.3 is 0 Å². The Morgan fingerprint density at radius 1 is 1.33 bits per heavy atom. The summed E-state index contributed by atoms with van der Waals surface area (Å²) >= 11 is 3.34. The molecule has 0 atom stereocenters. The molecule has 0 N–H and O–H groups in total. The van der Waals surface area contributed by atoms with Gasteiger partial charge in [0.1, 0.15) is 6.29 Å². The van der Waals surface area contributed by atoms with Crippen LogP contribution in [0, 0.1) is 6.92 Å². The SMILES string of the molecule is CC.Cc1cc(C=O)ccc1Br. The summed E-state index contributed by atoms with van der Waals surface area (Å²) in [7, 11) is 0. The number of hydrogen-bond acceptors (Lipinski definition) is 1. The van der Waals surface area contributed by atoms with Crippen molar-refractivity contribution < 1.29 is 4.79 Å². The van der Waals surface area contributed by atoms with Crippen LogP contribution in [-0.4, -0.2) is 6.29 Å². The highest BCUT2D eigenvalue weighted by atomic mass is 79.9. The average Bonchev–Trinajstić information content (AvgIpc) is 2.13. The molecule has 0 radical (unpaired) electrons. The third-order valence-electron chi connectivity index (χ3n) is 1.32. The molecule has 0 fully saturated rings. The second-order valence-electron chi connectivity index (χ2n) is 2.13. The van der Waals surface area contributed by atoms with Crippen molar-refractivity contribution in [3.05, 3.63) is 33.8 Å². The molecule has 0 aliphatic heterocycles. The van der Waals surface area contributed by atoms with Gasteiger partial charge in [0, 0.05) is 10.0 Å². The van der Waals surface area contributed by atoms with E-state index < -0.39 is 0 Å². The minimum atomic E-state index is 0.723. The van der Waals surface area contributed by atoms with Gasteiger partial charge in [-0.3, -0.25) is 4.79 Å². The van der Waals surface area contributed by atoms with E-state index in [1.807, 2.05) is 32.9 Å². The molecule has 66 valence electrons. The molecule has 0 saturated carbocycles. The second-order valence-corrected chi connectivity index (χ2v) is 2.98. The third-order valence-corrected chi connectivity index (χ3v) is 2.21. The molecule has 0 aliphatic carbocycles. The highest BCUT2D eigenvalue weighted by Gasteiger charge is 1.93. The Bertz CT molecular complexity index is 256. The number of benzene rings is 1. The van der Waals surface area contributed by atoms with Gasteiger partial charge in [-0.25, -0.2) is 0 Å². The van der Waals surface area contributed by atoms with Crippen LogP contribution in [0.3, 0.4) is 0 Å². The predicted molar refractivity (Wildman–Crippen MR) is 55.6 cm³/mol. The van der Waals surface area contributed by atoms with Gasteiger partial charge in [0.05, 0.1) is 0 Å². The van der Waals surface area contributed by atoms with Gasteiger partial charge in [-0.1, -0.05) is 35.8 Å². The molecule has 1 aromatic rings. The topological polar surface area (TPSA) is 17.1 Å². The Hall–Kier alpha value is -0.630. The van der Waals surface area contributed by atoms with Gasteiger partial charge in [-0.15, -0.1) is 0 Å². The Labute approximate surface area is 81.9 Å². The third kappa shape index (κ3) is 3.18. The minimum absolute atomic E-state index is 0.723. The smallest absolute Gasteiger partial charge is 0.150 e. The van der Waals surface area contributed by atoms with E-state index in [-0.39, 0.29) is 0 Å². The fourth-order valence-electron chi connectivity index (χ4n) is 0.741. The van der Waals surface area contributed by atoms with Gasteiger partial charge in [0.15, 0.2) is 0 Å². The number of halogens is 1. The maximum absolute atomic E-state index is 10.3. The zero-order chi connectivity index (χ0) is 9.56. The van der Waals surface area contributed by atoms with Crippen molar-refractivity contribution in [3.63, 3.8) is 0 Å². The number of hydrogen-bond donors (Lipinski definition) is 0. The minimum Gasteiger partial charge on any atom is -0.298 e. The molecule has 12 heavy (non-hydrogen) atoms. The maximum atomic E-state index is 10.3. The molecule has 2 heteroatoms. The van der Waals surface area contributed by atoms with Crippen LogP contribution in [0.15, 0.2) is 22.7 Å². The molecule has 1 aromatic carbocycles. The summed E-state index contributed by atoms with van der Waals surface area (Å²) in [5, 5.41) is 0. The van der Waals surface area contributed by atoms with Crippen LogP contribution in [0.4, 0.5) is 0 Å². The lowest BCUT2D eigenvalue weighted by Gasteiger charge is -1.96. The zero-order valence-corrected chi connectivity index (χ0v) is 9.18. The molecule has 1 rings (SSSR count). The summed E-state index contributed by atoms with van der Waals surface area (Å²) in [6.07, 6.45) is 0.847. The highest BCUT2D eigenvalue weighted by molar-refractivity contribution is 9.10. The van der Waals surface area contributed by atoms with Gasteiger partial charge >= 0.3 is 0 Å². The number of rotatable bonds is 1. The summed E-state index contributed by atoms with van der Waals surface area (Å²) < 4.78 is 1.04. The zero-order valence-electron chi connectivity index (χ0n) is 7.60. The van der Waals surface area contributed by atoms with Crippen LogP contribution >= 0.6 is 15.9 Å². The van der Waals surface area contributed by atoms with Crippen LogP contribution in [0.2, 0.25) is 0 Å². The Morgan fingerprint density at radius 3 is 2.33 bits per heavy atom. The molecular formula is C10H13BrO. The summed E-state index contributed by atoms with van der Waals surface area (Å²) in [6, 6.07) is 5.50. The van der Waals surface area contributed by atoms with Crippen LogP contribution < -0.4 is 0 Å². The normalized spacial score (nSPS) is 8.33. The quantitative estimate of drug-likeness (QED) is 0.672. The monoisotopic (exact) mass is 228 g/mol. The standard InChI is InChI=1S/C8H7BrO.C2H6/c1-6-4-7(5-10)2-3-8(6)9;1-2/h2-5H,1H3;1-2H3. The van der Waals surface area contributed by atoms with Crippen molar-refractivity contribution in [2.75, 3.05) is 0 Å². The number of carbonyl (C=O) groups excluding carboxylic acids is 1. The average molecular weight is 229 g/mol. The van der Waals surface area contributed by atoms with Crippen LogP contribution in [0.5, 0.6) is 0 Å². The van der Waals surface area contributed by atoms with Crippen LogP contribution in [-0.2, 0) is 0 Å². The van der Waals surface area contributed by atoms with Crippen molar-refractivity contribution in [3.8, 4) is 0 Å². The van der Waals surface area contributed by atoms with E-state index in [1.54, 1.807) is 6.07 Å². The summed E-state index contributed by atoms with van der Waals surface area (Å²) in [6.45, 7) is 5.96. The molecule has 0 unspecified atom stereocenters. The van der Waals surface area contributed by atoms with E-state index in [4.69, 9.17) is 0 Å². The van der Waals surface area contributed by atoms with Crippen molar-refractivity contribution in [1.82, 2.24) is 0 Å². The van der Waals surface area contributed by atoms with E-state index in [0.29, 0.717) is 0 Å². The summed E-state index contributed by atoms with van der Waals surface area (Å²) in [5.41, 5.74) is 1.81. The van der Waals surface area contributed by atoms with E-state index in [0.717, 1.165) is 21.9 Å². The molecule has 0 aliphatic rings. The maximum Gasteiger partial charge on any atom is 0.150 e. The van der Waals surface area contributed by atoms with E-state index >= 15 is 0 Å². The van der Waals surface area contributed by atoms with E-state index in [9.17, 15) is 4.79 Å². The first-order valence-electron chi connectivity index (χ1n) is 3.95. The first kappa shape index (κ1) is 11.4. The van der Waals surface area contributed by atoms with Gasteiger partial charge in [0.2, 0.25) is 0 Å². The molecule has 0 bridgehead atoms. The molecule has 0 amide bonds. The molecule has 0 saturated heterocycles. The summed E-state index contributed by atoms with van der Waals surface area (Å²) in [4.78, 5) is 10.3. The number of aryl methyl sites for hydroxylation is 1. The fraction of sp³-hybridized carbons (Fsp3) is 0.300. The van der Waals surface area contributed by atoms with E-state index in [1.165, 1.54) is 0 Å². The molecule has 1 nitrogen and oxygen atoms in total. The van der Waals surface area contributed by atoms with Crippen molar-refractivity contribution >= 4 is 22.2 Å². The molecular weight excluding hydrogens is 216 g/mol. The van der Waals surface area contributed by atoms with Gasteiger partial charge in [0.25, 0.3) is 0 Å². The largest absolute Gasteiger partial charge is 0.298 e. The first-order chi connectivity index (χ1) is 5.74. The van der Waals surface area contributed by atoms with Crippen molar-refractivity contribution in [2.24, 2.45) is 0 Å². The van der Waals surface area contributed by atoms with E-state index in [2.05, 4.69) is 15.9 Å². The van der Waals surface area contributed by atoms with Gasteiger partial charge in [-0.2, -0.15) is 0 Å². The number of carbonyl (C=O) groups is 1. The highest BCUT2D eigenvalue weighted by Crippen LogP contribution is 2.15. The Morgan fingerprint density at radius 2 is 1.92 bits per heavy atom. The lowest BCUT2D eigenvalue weighted by atomic mass is 10.2. The lowest BCUT2D eigenvalue weighted by molar-refractivity contribution is 0.112. The van der Waals surface area contributed by atoms with Crippen LogP contribution in [0.1, 0.15) is 29.8 Å². The summed E-state index contributed by atoms with van der Waals surface area (Å²) in [5.74, 6) is 0.